The van der Waals surface area contributed by atoms with Crippen molar-refractivity contribution in [3.63, 3.8) is 0 Å². The normalized spacial score (nSPS) is 18.7. The molecule has 32 heavy (non-hydrogen) atoms. The summed E-state index contributed by atoms with van der Waals surface area (Å²) in [6.07, 6.45) is -0.271. The number of hydrogen-bond acceptors (Lipinski definition) is 5. The van der Waals surface area contributed by atoms with Gasteiger partial charge in [-0.15, -0.1) is 0 Å². The molecule has 10 heteroatoms. The van der Waals surface area contributed by atoms with Gasteiger partial charge in [-0.25, -0.2) is 4.98 Å². The fraction of sp³-hybridized carbons (Fsp3) is 0.364. The molecule has 1 aliphatic heterocycles. The van der Waals surface area contributed by atoms with Crippen molar-refractivity contribution in [3.8, 4) is 11.1 Å². The first-order valence-electron chi connectivity index (χ1n) is 10.2. The average Bonchev–Trinajstić information content (AvgIpc) is 3.15. The molecule has 1 fully saturated rings. The Morgan fingerprint density at radius 3 is 2.50 bits per heavy atom. The third-order valence-electron chi connectivity index (χ3n) is 6.14. The van der Waals surface area contributed by atoms with Gasteiger partial charge in [0.05, 0.1) is 21.9 Å². The van der Waals surface area contributed by atoms with Gasteiger partial charge in [0.15, 0.2) is 0 Å². The zero-order valence-electron chi connectivity index (χ0n) is 17.6. The number of rotatable bonds is 5. The number of carbonyl (C=O) groups excluding carboxylic acids is 1. The highest BCUT2D eigenvalue weighted by atomic mass is 19.4. The molecule has 168 valence electrons. The lowest BCUT2D eigenvalue weighted by atomic mass is 9.83. The summed E-state index contributed by atoms with van der Waals surface area (Å²) in [5, 5.41) is 6.23. The Morgan fingerprint density at radius 1 is 1.19 bits per heavy atom. The number of amides is 1. The predicted molar refractivity (Wildman–Crippen MR) is 114 cm³/mol. The Morgan fingerprint density at radius 2 is 1.91 bits per heavy atom. The van der Waals surface area contributed by atoms with Crippen LogP contribution in [-0.4, -0.2) is 33.5 Å². The van der Waals surface area contributed by atoms with Gasteiger partial charge in [0.25, 0.3) is 5.56 Å². The van der Waals surface area contributed by atoms with Crippen LogP contribution >= 0.6 is 0 Å². The molecule has 1 aliphatic rings. The molecule has 0 radical (unpaired) electrons. The first kappa shape index (κ1) is 21.8. The van der Waals surface area contributed by atoms with E-state index in [-0.39, 0.29) is 22.8 Å². The van der Waals surface area contributed by atoms with Crippen molar-refractivity contribution in [2.45, 2.75) is 25.9 Å². The maximum Gasteiger partial charge on any atom is 0.416 e. The Labute approximate surface area is 181 Å². The van der Waals surface area contributed by atoms with Crippen molar-refractivity contribution in [2.75, 3.05) is 18.4 Å². The van der Waals surface area contributed by atoms with E-state index in [0.717, 1.165) is 12.1 Å². The summed E-state index contributed by atoms with van der Waals surface area (Å²) < 4.78 is 40.1. The summed E-state index contributed by atoms with van der Waals surface area (Å²) in [5.41, 5.74) is -0.461. The summed E-state index contributed by atoms with van der Waals surface area (Å²) in [4.78, 5) is 33.9. The third-order valence-corrected chi connectivity index (χ3v) is 6.14. The standard InChI is InChI=1S/C22H22F3N5O2/c1-3-21(8-9-27-19(21)32)12-28-20-29-17-15(10-26-11-16(17)18(31)30(20)2)13-4-6-14(7-5-13)22(23,24)25/h4-7,10-11H,3,8-9,12H2,1-2H3,(H,27,32)(H,28,29). The molecule has 3 heterocycles. The topological polar surface area (TPSA) is 88.9 Å². The highest BCUT2D eigenvalue weighted by Crippen LogP contribution is 2.33. The highest BCUT2D eigenvalue weighted by molar-refractivity contribution is 5.93. The fourth-order valence-corrected chi connectivity index (χ4v) is 3.99. The second kappa shape index (κ2) is 7.92. The van der Waals surface area contributed by atoms with Gasteiger partial charge in [-0.2, -0.15) is 13.2 Å². The molecule has 0 bridgehead atoms. The number of aromatic nitrogens is 3. The smallest absolute Gasteiger partial charge is 0.356 e. The lowest BCUT2D eigenvalue weighted by Crippen LogP contribution is -2.38. The van der Waals surface area contributed by atoms with Gasteiger partial charge in [0, 0.05) is 38.1 Å². The maximum atomic E-state index is 12.9. The van der Waals surface area contributed by atoms with Gasteiger partial charge in [-0.3, -0.25) is 19.1 Å². The van der Waals surface area contributed by atoms with Crippen molar-refractivity contribution in [1.29, 1.82) is 0 Å². The lowest BCUT2D eigenvalue weighted by Gasteiger charge is -2.25. The lowest BCUT2D eigenvalue weighted by molar-refractivity contribution is -0.137. The molecule has 3 aromatic rings. The van der Waals surface area contributed by atoms with E-state index < -0.39 is 17.2 Å². The zero-order chi connectivity index (χ0) is 23.1. The summed E-state index contributed by atoms with van der Waals surface area (Å²) in [6.45, 7) is 2.85. The molecule has 2 N–H and O–H groups in total. The Hall–Kier alpha value is -3.43. The molecule has 1 amide bonds. The Kier molecular flexibility index (Phi) is 5.39. The van der Waals surface area contributed by atoms with Crippen LogP contribution in [0.25, 0.3) is 22.0 Å². The molecular weight excluding hydrogens is 423 g/mol. The number of nitrogens with zero attached hydrogens (tertiary/aromatic N) is 3. The number of halogens is 3. The molecule has 0 aliphatic carbocycles. The van der Waals surface area contributed by atoms with Crippen LogP contribution in [0, 0.1) is 5.41 Å². The summed E-state index contributed by atoms with van der Waals surface area (Å²) in [7, 11) is 1.56. The molecular formula is C22H22F3N5O2. The molecule has 1 unspecified atom stereocenters. The second-order valence-corrected chi connectivity index (χ2v) is 7.95. The number of anilines is 1. The van der Waals surface area contributed by atoms with Gasteiger partial charge in [0.1, 0.15) is 0 Å². The second-order valence-electron chi connectivity index (χ2n) is 7.95. The van der Waals surface area contributed by atoms with Crippen molar-refractivity contribution in [2.24, 2.45) is 12.5 Å². The van der Waals surface area contributed by atoms with Crippen molar-refractivity contribution in [3.05, 3.63) is 52.6 Å². The molecule has 1 saturated heterocycles. The van der Waals surface area contributed by atoms with Crippen LogP contribution in [0.5, 0.6) is 0 Å². The van der Waals surface area contributed by atoms with Crippen molar-refractivity contribution < 1.29 is 18.0 Å². The number of carbonyl (C=O) groups is 1. The Bertz CT molecular complexity index is 1240. The van der Waals surface area contributed by atoms with Crippen LogP contribution in [0.3, 0.4) is 0 Å². The predicted octanol–water partition coefficient (Wildman–Crippen LogP) is 3.34. The first-order chi connectivity index (χ1) is 15.2. The van der Waals surface area contributed by atoms with E-state index in [0.29, 0.717) is 42.6 Å². The quantitative estimate of drug-likeness (QED) is 0.629. The molecule has 1 atom stereocenters. The molecule has 0 saturated carbocycles. The van der Waals surface area contributed by atoms with E-state index in [9.17, 15) is 22.8 Å². The molecule has 0 spiro atoms. The van der Waals surface area contributed by atoms with Crippen LogP contribution in [0.2, 0.25) is 0 Å². The molecule has 4 rings (SSSR count). The van der Waals surface area contributed by atoms with Gasteiger partial charge in [0.2, 0.25) is 11.9 Å². The summed E-state index contributed by atoms with van der Waals surface area (Å²) in [6, 6.07) is 4.64. The minimum Gasteiger partial charge on any atom is -0.356 e. The summed E-state index contributed by atoms with van der Waals surface area (Å²) in [5.74, 6) is 0.238. The van der Waals surface area contributed by atoms with E-state index in [4.69, 9.17) is 0 Å². The van der Waals surface area contributed by atoms with Crippen LogP contribution in [-0.2, 0) is 18.0 Å². The number of hydrogen-bond donors (Lipinski definition) is 2. The van der Waals surface area contributed by atoms with E-state index in [1.54, 1.807) is 7.05 Å². The molecule has 7 nitrogen and oxygen atoms in total. The molecule has 2 aromatic heterocycles. The van der Waals surface area contributed by atoms with E-state index in [1.165, 1.54) is 29.1 Å². The highest BCUT2D eigenvalue weighted by Gasteiger charge is 2.40. The SMILES string of the molecule is CCC1(CNc2nc3c(-c4ccc(C(F)(F)F)cc4)cncc3c(=O)n2C)CCNC1=O. The van der Waals surface area contributed by atoms with Crippen molar-refractivity contribution >= 4 is 22.8 Å². The number of alkyl halides is 3. The van der Waals surface area contributed by atoms with E-state index >= 15 is 0 Å². The molecule has 1 aromatic carbocycles. The van der Waals surface area contributed by atoms with Crippen LogP contribution < -0.4 is 16.2 Å². The van der Waals surface area contributed by atoms with Gasteiger partial charge < -0.3 is 10.6 Å². The first-order valence-corrected chi connectivity index (χ1v) is 10.2. The van der Waals surface area contributed by atoms with Crippen molar-refractivity contribution in [1.82, 2.24) is 19.9 Å². The van der Waals surface area contributed by atoms with Gasteiger partial charge in [-0.1, -0.05) is 19.1 Å². The Balaban J connectivity index is 1.76. The summed E-state index contributed by atoms with van der Waals surface area (Å²) >= 11 is 0. The average molecular weight is 445 g/mol. The van der Waals surface area contributed by atoms with Crippen LogP contribution in [0.15, 0.2) is 41.5 Å². The van der Waals surface area contributed by atoms with Crippen LogP contribution in [0.1, 0.15) is 25.3 Å². The zero-order valence-corrected chi connectivity index (χ0v) is 17.6. The third kappa shape index (κ3) is 3.69. The van der Waals surface area contributed by atoms with Gasteiger partial charge >= 0.3 is 6.18 Å². The number of fused-ring (bicyclic) bond motifs is 1. The minimum absolute atomic E-state index is 0.0343. The fourth-order valence-electron chi connectivity index (χ4n) is 3.99. The van der Waals surface area contributed by atoms with Crippen LogP contribution in [0.4, 0.5) is 19.1 Å². The largest absolute Gasteiger partial charge is 0.416 e. The van der Waals surface area contributed by atoms with Gasteiger partial charge in [-0.05, 0) is 30.5 Å². The van der Waals surface area contributed by atoms with E-state index in [2.05, 4.69) is 20.6 Å². The van der Waals surface area contributed by atoms with E-state index in [1.807, 2.05) is 6.92 Å². The number of benzene rings is 1. The maximum absolute atomic E-state index is 12.9. The monoisotopic (exact) mass is 445 g/mol. The number of nitrogens with one attached hydrogen (secondary N) is 2. The minimum atomic E-state index is -4.44. The number of pyridine rings is 1.